The van der Waals surface area contributed by atoms with Gasteiger partial charge in [-0.05, 0) is 31.4 Å². The molecule has 0 aromatic heterocycles. The average molecular weight is 285 g/mol. The summed E-state index contributed by atoms with van der Waals surface area (Å²) in [4.78, 5) is 11.8. The lowest BCUT2D eigenvalue weighted by molar-refractivity contribution is -0.115. The largest absolute Gasteiger partial charge is 0.380 e. The van der Waals surface area contributed by atoms with E-state index in [1.54, 1.807) is 7.11 Å². The standard InChI is InChI=1S/C14H20N2O2.ClH/c1-18-10-12-4-2-3-5-13(12)16-14(17)9-15-8-11-6-7-11;/h2-5,11,15H,6-10H2,1H3,(H,16,17);1H. The molecular weight excluding hydrogens is 264 g/mol. The molecule has 1 aromatic rings. The molecule has 2 N–H and O–H groups in total. The van der Waals surface area contributed by atoms with Gasteiger partial charge in [0.2, 0.25) is 5.91 Å². The molecule has 2 rings (SSSR count). The highest BCUT2D eigenvalue weighted by Gasteiger charge is 2.20. The molecule has 1 fully saturated rings. The Morgan fingerprint density at radius 1 is 1.37 bits per heavy atom. The van der Waals surface area contributed by atoms with Crippen molar-refractivity contribution in [1.29, 1.82) is 0 Å². The van der Waals surface area contributed by atoms with E-state index in [-0.39, 0.29) is 18.3 Å². The minimum absolute atomic E-state index is 0. The molecule has 0 radical (unpaired) electrons. The summed E-state index contributed by atoms with van der Waals surface area (Å²) in [5.41, 5.74) is 1.83. The number of halogens is 1. The lowest BCUT2D eigenvalue weighted by Gasteiger charge is -2.10. The summed E-state index contributed by atoms with van der Waals surface area (Å²) >= 11 is 0. The van der Waals surface area contributed by atoms with Crippen molar-refractivity contribution >= 4 is 24.0 Å². The smallest absolute Gasteiger partial charge is 0.238 e. The first-order valence-electron chi connectivity index (χ1n) is 6.37. The number of carbonyl (C=O) groups excluding carboxylic acids is 1. The quantitative estimate of drug-likeness (QED) is 0.807. The van der Waals surface area contributed by atoms with Crippen LogP contribution in [0.2, 0.25) is 0 Å². The number of benzene rings is 1. The van der Waals surface area contributed by atoms with E-state index in [1.165, 1.54) is 12.8 Å². The number of hydrogen-bond acceptors (Lipinski definition) is 3. The normalized spacial score (nSPS) is 13.7. The second-order valence-electron chi connectivity index (χ2n) is 4.71. The maximum atomic E-state index is 11.8. The van der Waals surface area contributed by atoms with Crippen LogP contribution in [0.5, 0.6) is 0 Å². The van der Waals surface area contributed by atoms with Gasteiger partial charge in [0.1, 0.15) is 0 Å². The third-order valence-corrected chi connectivity index (χ3v) is 3.01. The Bertz CT molecular complexity index is 408. The van der Waals surface area contributed by atoms with E-state index in [0.717, 1.165) is 23.7 Å². The molecule has 4 nitrogen and oxygen atoms in total. The molecule has 0 bridgehead atoms. The van der Waals surface area contributed by atoms with E-state index >= 15 is 0 Å². The van der Waals surface area contributed by atoms with Crippen LogP contribution in [0.15, 0.2) is 24.3 Å². The van der Waals surface area contributed by atoms with E-state index in [1.807, 2.05) is 24.3 Å². The van der Waals surface area contributed by atoms with Crippen molar-refractivity contribution in [3.05, 3.63) is 29.8 Å². The summed E-state index contributed by atoms with van der Waals surface area (Å²) in [5, 5.41) is 6.08. The highest BCUT2D eigenvalue weighted by atomic mass is 35.5. The van der Waals surface area contributed by atoms with Gasteiger partial charge < -0.3 is 15.4 Å². The number of methoxy groups -OCH3 is 1. The fourth-order valence-electron chi connectivity index (χ4n) is 1.83. The van der Waals surface area contributed by atoms with Crippen LogP contribution in [0.4, 0.5) is 5.69 Å². The van der Waals surface area contributed by atoms with E-state index < -0.39 is 0 Å². The predicted octanol–water partition coefficient (Wildman–Crippen LogP) is 2.19. The first kappa shape index (κ1) is 16.0. The van der Waals surface area contributed by atoms with Crippen molar-refractivity contribution < 1.29 is 9.53 Å². The molecule has 0 spiro atoms. The van der Waals surface area contributed by atoms with Crippen LogP contribution in [0, 0.1) is 5.92 Å². The lowest BCUT2D eigenvalue weighted by atomic mass is 10.2. The molecule has 106 valence electrons. The van der Waals surface area contributed by atoms with Gasteiger partial charge >= 0.3 is 0 Å². The number of hydrogen-bond donors (Lipinski definition) is 2. The third-order valence-electron chi connectivity index (χ3n) is 3.01. The van der Waals surface area contributed by atoms with Gasteiger partial charge in [-0.3, -0.25) is 4.79 Å². The first-order valence-corrected chi connectivity index (χ1v) is 6.37. The van der Waals surface area contributed by atoms with Gasteiger partial charge in [0.25, 0.3) is 0 Å². The molecule has 0 atom stereocenters. The summed E-state index contributed by atoms with van der Waals surface area (Å²) in [7, 11) is 1.65. The maximum Gasteiger partial charge on any atom is 0.238 e. The SMILES string of the molecule is COCc1ccccc1NC(=O)CNCC1CC1.Cl. The molecule has 0 saturated heterocycles. The van der Waals surface area contributed by atoms with Gasteiger partial charge in [-0.2, -0.15) is 0 Å². The fourth-order valence-corrected chi connectivity index (χ4v) is 1.83. The van der Waals surface area contributed by atoms with Gasteiger partial charge in [-0.1, -0.05) is 18.2 Å². The minimum atomic E-state index is -0.000738. The number of amides is 1. The number of rotatable bonds is 7. The van der Waals surface area contributed by atoms with Crippen LogP contribution >= 0.6 is 12.4 Å². The zero-order chi connectivity index (χ0) is 12.8. The third kappa shape index (κ3) is 5.59. The van der Waals surface area contributed by atoms with Crippen molar-refractivity contribution in [2.45, 2.75) is 19.4 Å². The van der Waals surface area contributed by atoms with Crippen molar-refractivity contribution in [3.8, 4) is 0 Å². The van der Waals surface area contributed by atoms with Gasteiger partial charge in [-0.25, -0.2) is 0 Å². The van der Waals surface area contributed by atoms with Gasteiger partial charge in [-0.15, -0.1) is 12.4 Å². The van der Waals surface area contributed by atoms with Crippen molar-refractivity contribution in [1.82, 2.24) is 5.32 Å². The number of para-hydroxylation sites is 1. The Hall–Kier alpha value is -1.10. The molecule has 1 saturated carbocycles. The van der Waals surface area contributed by atoms with E-state index in [0.29, 0.717) is 13.2 Å². The molecule has 5 heteroatoms. The Morgan fingerprint density at radius 2 is 2.11 bits per heavy atom. The highest BCUT2D eigenvalue weighted by molar-refractivity contribution is 5.92. The van der Waals surface area contributed by atoms with Crippen molar-refractivity contribution in [2.75, 3.05) is 25.5 Å². The van der Waals surface area contributed by atoms with Crippen LogP contribution in [0.3, 0.4) is 0 Å². The number of anilines is 1. The topological polar surface area (TPSA) is 50.4 Å². The predicted molar refractivity (Wildman–Crippen MR) is 78.6 cm³/mol. The van der Waals surface area contributed by atoms with Crippen LogP contribution in [-0.4, -0.2) is 26.1 Å². The zero-order valence-corrected chi connectivity index (χ0v) is 12.0. The highest BCUT2D eigenvalue weighted by Crippen LogP contribution is 2.27. The second kappa shape index (κ2) is 8.15. The minimum Gasteiger partial charge on any atom is -0.380 e. The fraction of sp³-hybridized carbons (Fsp3) is 0.500. The Labute approximate surface area is 120 Å². The Morgan fingerprint density at radius 3 is 2.79 bits per heavy atom. The molecule has 1 amide bonds. The maximum absolute atomic E-state index is 11.8. The summed E-state index contributed by atoms with van der Waals surface area (Å²) in [6, 6.07) is 7.70. The second-order valence-corrected chi connectivity index (χ2v) is 4.71. The van der Waals surface area contributed by atoms with Crippen LogP contribution < -0.4 is 10.6 Å². The first-order chi connectivity index (χ1) is 8.79. The Kier molecular flexibility index (Phi) is 6.84. The van der Waals surface area contributed by atoms with Crippen LogP contribution in [-0.2, 0) is 16.1 Å². The molecule has 1 aliphatic carbocycles. The molecule has 0 heterocycles. The van der Waals surface area contributed by atoms with Crippen LogP contribution in [0.1, 0.15) is 18.4 Å². The van der Waals surface area contributed by atoms with Gasteiger partial charge in [0, 0.05) is 18.4 Å². The molecule has 0 aliphatic heterocycles. The summed E-state index contributed by atoms with van der Waals surface area (Å²) in [5.74, 6) is 0.790. The molecule has 1 aliphatic rings. The molecular formula is C14H21ClN2O2. The average Bonchev–Trinajstić information content (AvgIpc) is 3.16. The number of nitrogens with one attached hydrogen (secondary N) is 2. The van der Waals surface area contributed by atoms with E-state index in [9.17, 15) is 4.79 Å². The van der Waals surface area contributed by atoms with Crippen molar-refractivity contribution in [3.63, 3.8) is 0 Å². The van der Waals surface area contributed by atoms with E-state index in [4.69, 9.17) is 4.74 Å². The molecule has 1 aromatic carbocycles. The van der Waals surface area contributed by atoms with Gasteiger partial charge in [0.15, 0.2) is 0 Å². The summed E-state index contributed by atoms with van der Waals surface area (Å²) < 4.78 is 5.10. The number of ether oxygens (including phenoxy) is 1. The zero-order valence-electron chi connectivity index (χ0n) is 11.1. The Balaban J connectivity index is 0.00000180. The summed E-state index contributed by atoms with van der Waals surface area (Å²) in [6.07, 6.45) is 2.59. The monoisotopic (exact) mass is 284 g/mol. The van der Waals surface area contributed by atoms with Gasteiger partial charge in [0.05, 0.1) is 13.2 Å². The van der Waals surface area contributed by atoms with E-state index in [2.05, 4.69) is 10.6 Å². The summed E-state index contributed by atoms with van der Waals surface area (Å²) in [6.45, 7) is 1.83. The number of carbonyl (C=O) groups is 1. The lowest BCUT2D eigenvalue weighted by Crippen LogP contribution is -2.29. The van der Waals surface area contributed by atoms with Crippen molar-refractivity contribution in [2.24, 2.45) is 5.92 Å². The van der Waals surface area contributed by atoms with Crippen LogP contribution in [0.25, 0.3) is 0 Å². The molecule has 0 unspecified atom stereocenters. The molecule has 19 heavy (non-hydrogen) atoms.